The largest absolute Gasteiger partial charge is 0.485 e. The summed E-state index contributed by atoms with van der Waals surface area (Å²) in [6.07, 6.45) is 0.0664. The zero-order valence-electron chi connectivity index (χ0n) is 25.1. The maximum atomic E-state index is 13.7. The predicted octanol–water partition coefficient (Wildman–Crippen LogP) is 5.54. The third-order valence-corrected chi connectivity index (χ3v) is 8.14. The number of carbonyl (C=O) groups excluding carboxylic acids is 3. The van der Waals surface area contributed by atoms with Crippen LogP contribution in [0.1, 0.15) is 61.9 Å². The Balaban J connectivity index is 1.57. The lowest BCUT2D eigenvalue weighted by Crippen LogP contribution is -2.52. The quantitative estimate of drug-likeness (QED) is 0.324. The summed E-state index contributed by atoms with van der Waals surface area (Å²) in [5.41, 5.74) is -0.403. The fourth-order valence-corrected chi connectivity index (χ4v) is 5.47. The second-order valence-corrected chi connectivity index (χ2v) is 11.6. The highest BCUT2D eigenvalue weighted by atomic mass is 19.4. The number of ether oxygens (including phenoxy) is 1. The van der Waals surface area contributed by atoms with Crippen LogP contribution in [-0.2, 0) is 6.18 Å². The summed E-state index contributed by atoms with van der Waals surface area (Å²) in [6, 6.07) is 7.28. The lowest BCUT2D eigenvalue weighted by molar-refractivity contribution is -0.137. The highest BCUT2D eigenvalue weighted by Crippen LogP contribution is 2.35. The standard InChI is InChI=1S/C31H40F3N5O5/c1-19-16-39(20(2)18-40)28(41)24-10-7-11-25(37-29(42)35-23-14-12-21(13-15-23)31(32,33)34)27(24)44-26(19)17-38(3)30(43)36-22-8-5-4-6-9-22/h7,10-15,19-20,22,26,40H,4-6,8-9,16-18H2,1-3H3,(H,36,43)(H2,35,37,42)/t19-,20+,26+/m1/s1. The van der Waals surface area contributed by atoms with Crippen LogP contribution in [-0.4, -0.2) is 77.8 Å². The van der Waals surface area contributed by atoms with E-state index in [4.69, 9.17) is 4.74 Å². The first-order chi connectivity index (χ1) is 20.9. The molecule has 3 atom stereocenters. The molecular formula is C31H40F3N5O5. The SMILES string of the molecule is C[C@@H]1CN([C@@H](C)CO)C(=O)c2cccc(NC(=O)Nc3ccc(C(F)(F)F)cc3)c2O[C@H]1CN(C)C(=O)NC1CCCCC1. The fraction of sp³-hybridized carbons (Fsp3) is 0.516. The van der Waals surface area contributed by atoms with E-state index in [1.807, 2.05) is 6.92 Å². The highest BCUT2D eigenvalue weighted by molar-refractivity contribution is 6.04. The Kier molecular flexibility index (Phi) is 10.6. The Labute approximate surface area is 254 Å². The average molecular weight is 620 g/mol. The average Bonchev–Trinajstić information content (AvgIpc) is 2.99. The maximum Gasteiger partial charge on any atom is 0.416 e. The number of para-hydroxylation sites is 1. The van der Waals surface area contributed by atoms with Gasteiger partial charge in [-0.3, -0.25) is 4.79 Å². The van der Waals surface area contributed by atoms with Gasteiger partial charge < -0.3 is 35.6 Å². The lowest BCUT2D eigenvalue weighted by atomic mass is 9.96. The summed E-state index contributed by atoms with van der Waals surface area (Å²) < 4.78 is 45.2. The first kappa shape index (κ1) is 32.9. The number of nitrogens with one attached hydrogen (secondary N) is 3. The van der Waals surface area contributed by atoms with E-state index in [2.05, 4.69) is 16.0 Å². The first-order valence-corrected chi connectivity index (χ1v) is 14.9. The molecule has 2 aromatic rings. The van der Waals surface area contributed by atoms with Gasteiger partial charge in [0.1, 0.15) is 6.10 Å². The summed E-state index contributed by atoms with van der Waals surface area (Å²) >= 11 is 0. The molecule has 10 nitrogen and oxygen atoms in total. The number of carbonyl (C=O) groups is 3. The number of amides is 5. The molecule has 0 aromatic heterocycles. The Morgan fingerprint density at radius 3 is 2.41 bits per heavy atom. The molecule has 1 fully saturated rings. The van der Waals surface area contributed by atoms with Gasteiger partial charge in [-0.15, -0.1) is 0 Å². The van der Waals surface area contributed by atoms with E-state index in [1.165, 1.54) is 0 Å². The third kappa shape index (κ3) is 8.13. The van der Waals surface area contributed by atoms with Crippen molar-refractivity contribution in [3.05, 3.63) is 53.6 Å². The van der Waals surface area contributed by atoms with Crippen molar-refractivity contribution in [2.24, 2.45) is 5.92 Å². The molecule has 1 aliphatic carbocycles. The van der Waals surface area contributed by atoms with E-state index in [0.717, 1.165) is 56.4 Å². The maximum absolute atomic E-state index is 13.7. The van der Waals surface area contributed by atoms with Gasteiger partial charge in [0.25, 0.3) is 5.91 Å². The number of hydrogen-bond acceptors (Lipinski definition) is 5. The van der Waals surface area contributed by atoms with Gasteiger partial charge in [-0.25, -0.2) is 9.59 Å². The molecule has 1 aliphatic heterocycles. The monoisotopic (exact) mass is 619 g/mol. The van der Waals surface area contributed by atoms with Gasteiger partial charge >= 0.3 is 18.2 Å². The highest BCUT2D eigenvalue weighted by Gasteiger charge is 2.35. The molecule has 2 aromatic carbocycles. The smallest absolute Gasteiger partial charge is 0.416 e. The number of urea groups is 2. The van der Waals surface area contributed by atoms with Crippen LogP contribution >= 0.6 is 0 Å². The van der Waals surface area contributed by atoms with Crippen molar-refractivity contribution in [2.45, 2.75) is 70.3 Å². The van der Waals surface area contributed by atoms with Crippen molar-refractivity contribution in [3.8, 4) is 5.75 Å². The van der Waals surface area contributed by atoms with Crippen molar-refractivity contribution < 1.29 is 37.4 Å². The second-order valence-electron chi connectivity index (χ2n) is 11.6. The molecule has 0 radical (unpaired) electrons. The molecular weight excluding hydrogens is 579 g/mol. The summed E-state index contributed by atoms with van der Waals surface area (Å²) in [5.74, 6) is -0.588. The van der Waals surface area contributed by atoms with Crippen LogP contribution in [0.4, 0.5) is 34.1 Å². The molecule has 44 heavy (non-hydrogen) atoms. The van der Waals surface area contributed by atoms with Crippen LogP contribution in [0.25, 0.3) is 0 Å². The van der Waals surface area contributed by atoms with Crippen molar-refractivity contribution in [3.63, 3.8) is 0 Å². The van der Waals surface area contributed by atoms with Gasteiger partial charge in [-0.05, 0) is 56.2 Å². The van der Waals surface area contributed by atoms with E-state index >= 15 is 0 Å². The number of hydrogen-bond donors (Lipinski definition) is 4. The molecule has 0 saturated heterocycles. The van der Waals surface area contributed by atoms with Gasteiger partial charge in [0.05, 0.1) is 36.0 Å². The molecule has 13 heteroatoms. The van der Waals surface area contributed by atoms with Crippen LogP contribution in [0.15, 0.2) is 42.5 Å². The number of aliphatic hydroxyl groups is 1. The number of alkyl halides is 3. The van der Waals surface area contributed by atoms with Crippen LogP contribution in [0.3, 0.4) is 0 Å². The van der Waals surface area contributed by atoms with Gasteiger partial charge in [0.2, 0.25) is 0 Å². The third-order valence-electron chi connectivity index (χ3n) is 8.14. The zero-order chi connectivity index (χ0) is 32.0. The number of aliphatic hydroxyl groups excluding tert-OH is 1. The number of rotatable bonds is 7. The molecule has 0 unspecified atom stereocenters. The van der Waals surface area contributed by atoms with E-state index in [0.29, 0.717) is 0 Å². The Morgan fingerprint density at radius 2 is 1.77 bits per heavy atom. The number of fused-ring (bicyclic) bond motifs is 1. The second kappa shape index (κ2) is 14.2. The Bertz CT molecular complexity index is 1320. The van der Waals surface area contributed by atoms with E-state index in [9.17, 15) is 32.7 Å². The minimum atomic E-state index is -4.51. The van der Waals surface area contributed by atoms with Crippen LogP contribution in [0.5, 0.6) is 5.75 Å². The minimum Gasteiger partial charge on any atom is -0.485 e. The number of halogens is 3. The van der Waals surface area contributed by atoms with E-state index in [1.54, 1.807) is 42.0 Å². The van der Waals surface area contributed by atoms with Crippen molar-refractivity contribution >= 4 is 29.3 Å². The van der Waals surface area contributed by atoms with Crippen LogP contribution in [0, 0.1) is 5.92 Å². The number of nitrogens with zero attached hydrogens (tertiary/aromatic N) is 2. The Morgan fingerprint density at radius 1 is 1.09 bits per heavy atom. The van der Waals surface area contributed by atoms with Gasteiger partial charge in [0.15, 0.2) is 5.75 Å². The first-order valence-electron chi connectivity index (χ1n) is 14.9. The summed E-state index contributed by atoms with van der Waals surface area (Å²) in [6.45, 7) is 3.79. The van der Waals surface area contributed by atoms with Crippen LogP contribution < -0.4 is 20.7 Å². The topological polar surface area (TPSA) is 123 Å². The molecule has 4 N–H and O–H groups in total. The minimum absolute atomic E-state index is 0.0906. The zero-order valence-corrected chi connectivity index (χ0v) is 25.1. The molecule has 1 heterocycles. The van der Waals surface area contributed by atoms with Gasteiger partial charge in [-0.1, -0.05) is 32.3 Å². The van der Waals surface area contributed by atoms with Gasteiger partial charge in [0, 0.05) is 31.2 Å². The fourth-order valence-electron chi connectivity index (χ4n) is 5.47. The summed E-state index contributed by atoms with van der Waals surface area (Å²) in [7, 11) is 1.68. The molecule has 0 spiro atoms. The van der Waals surface area contributed by atoms with Gasteiger partial charge in [-0.2, -0.15) is 13.2 Å². The Hall–Kier alpha value is -4.00. The normalized spacial score (nSPS) is 20.0. The summed E-state index contributed by atoms with van der Waals surface area (Å²) in [5, 5.41) is 18.1. The van der Waals surface area contributed by atoms with E-state index in [-0.39, 0.29) is 60.4 Å². The molecule has 1 saturated carbocycles. The lowest BCUT2D eigenvalue weighted by Gasteiger charge is -2.38. The molecule has 5 amide bonds. The summed E-state index contributed by atoms with van der Waals surface area (Å²) in [4.78, 5) is 42.7. The molecule has 2 aliphatic rings. The molecule has 4 rings (SSSR count). The molecule has 0 bridgehead atoms. The van der Waals surface area contributed by atoms with Crippen molar-refractivity contribution in [1.29, 1.82) is 0 Å². The number of likely N-dealkylation sites (N-methyl/N-ethyl adjacent to an activating group) is 1. The molecule has 240 valence electrons. The van der Waals surface area contributed by atoms with Crippen molar-refractivity contribution in [2.75, 3.05) is 37.4 Å². The van der Waals surface area contributed by atoms with E-state index < -0.39 is 35.8 Å². The number of anilines is 2. The predicted molar refractivity (Wildman–Crippen MR) is 160 cm³/mol. The number of benzene rings is 2. The van der Waals surface area contributed by atoms with Crippen LogP contribution in [0.2, 0.25) is 0 Å². The van der Waals surface area contributed by atoms with Crippen molar-refractivity contribution in [1.82, 2.24) is 15.1 Å².